The van der Waals surface area contributed by atoms with Crippen LogP contribution >= 0.6 is 27.7 Å². The van der Waals surface area contributed by atoms with Gasteiger partial charge >= 0.3 is 0 Å². The number of benzene rings is 3. The number of halogens is 1. The standard InChI is InChI=1S/C21H19BrN2O3S2/c1-15(28-19-5-3-2-4-6-19)21(25)23-17-11-13-20(14-12-17)29(26,27)24-18-9-7-16(22)8-10-18/h2-15,24H,1H3,(H,23,25)/t15-/m1/s1. The number of carbonyl (C=O) groups is 1. The molecule has 8 heteroatoms. The molecule has 0 heterocycles. The van der Waals surface area contributed by atoms with E-state index in [1.54, 1.807) is 36.4 Å². The molecule has 1 amide bonds. The molecule has 0 saturated carbocycles. The maximum Gasteiger partial charge on any atom is 0.261 e. The van der Waals surface area contributed by atoms with Gasteiger partial charge in [0.25, 0.3) is 10.0 Å². The molecule has 0 fully saturated rings. The van der Waals surface area contributed by atoms with Crippen LogP contribution in [-0.4, -0.2) is 19.6 Å². The van der Waals surface area contributed by atoms with Gasteiger partial charge in [0.15, 0.2) is 0 Å². The van der Waals surface area contributed by atoms with Gasteiger partial charge in [-0.05, 0) is 67.6 Å². The lowest BCUT2D eigenvalue weighted by Gasteiger charge is -2.13. The summed E-state index contributed by atoms with van der Waals surface area (Å²) in [6, 6.07) is 22.6. The lowest BCUT2D eigenvalue weighted by atomic mass is 10.3. The normalized spacial score (nSPS) is 12.2. The first-order valence-electron chi connectivity index (χ1n) is 8.74. The first kappa shape index (κ1) is 21.4. The fourth-order valence-corrected chi connectivity index (χ4v) is 4.66. The molecule has 0 unspecified atom stereocenters. The van der Waals surface area contributed by atoms with Crippen LogP contribution in [0.15, 0.2) is 93.1 Å². The molecule has 0 bridgehead atoms. The van der Waals surface area contributed by atoms with Crippen molar-refractivity contribution in [3.8, 4) is 0 Å². The zero-order valence-corrected chi connectivity index (χ0v) is 18.7. The molecule has 2 N–H and O–H groups in total. The lowest BCUT2D eigenvalue weighted by Crippen LogP contribution is -2.22. The minimum atomic E-state index is -3.71. The number of thioether (sulfide) groups is 1. The third-order valence-electron chi connectivity index (χ3n) is 3.95. The Morgan fingerprint density at radius 3 is 2.10 bits per heavy atom. The van der Waals surface area contributed by atoms with E-state index in [0.717, 1.165) is 9.37 Å². The van der Waals surface area contributed by atoms with Crippen LogP contribution in [0.5, 0.6) is 0 Å². The van der Waals surface area contributed by atoms with E-state index in [-0.39, 0.29) is 16.1 Å². The minimum Gasteiger partial charge on any atom is -0.325 e. The van der Waals surface area contributed by atoms with E-state index in [9.17, 15) is 13.2 Å². The Labute approximate surface area is 183 Å². The van der Waals surface area contributed by atoms with Crippen molar-refractivity contribution in [1.82, 2.24) is 0 Å². The number of anilines is 2. The van der Waals surface area contributed by atoms with Crippen molar-refractivity contribution in [2.24, 2.45) is 0 Å². The van der Waals surface area contributed by atoms with Gasteiger partial charge in [-0.25, -0.2) is 8.42 Å². The van der Waals surface area contributed by atoms with Gasteiger partial charge in [-0.1, -0.05) is 34.1 Å². The highest BCUT2D eigenvalue weighted by Crippen LogP contribution is 2.24. The highest BCUT2D eigenvalue weighted by Gasteiger charge is 2.17. The van der Waals surface area contributed by atoms with Gasteiger partial charge in [0.2, 0.25) is 5.91 Å². The molecular weight excluding hydrogens is 472 g/mol. The molecule has 29 heavy (non-hydrogen) atoms. The van der Waals surface area contributed by atoms with E-state index in [1.165, 1.54) is 23.9 Å². The first-order valence-corrected chi connectivity index (χ1v) is 11.9. The van der Waals surface area contributed by atoms with Crippen LogP contribution in [0.1, 0.15) is 6.92 Å². The monoisotopic (exact) mass is 490 g/mol. The number of nitrogens with one attached hydrogen (secondary N) is 2. The van der Waals surface area contributed by atoms with E-state index in [0.29, 0.717) is 11.4 Å². The van der Waals surface area contributed by atoms with E-state index in [4.69, 9.17) is 0 Å². The van der Waals surface area contributed by atoms with E-state index >= 15 is 0 Å². The Kier molecular flexibility index (Phi) is 7.00. The molecule has 3 aromatic rings. The predicted octanol–water partition coefficient (Wildman–Crippen LogP) is 5.37. The lowest BCUT2D eigenvalue weighted by molar-refractivity contribution is -0.115. The highest BCUT2D eigenvalue weighted by molar-refractivity contribution is 9.10. The first-order chi connectivity index (χ1) is 13.8. The summed E-state index contributed by atoms with van der Waals surface area (Å²) in [5, 5.41) is 2.52. The number of sulfonamides is 1. The van der Waals surface area contributed by atoms with Crippen LogP contribution < -0.4 is 10.0 Å². The fourth-order valence-electron chi connectivity index (χ4n) is 2.45. The van der Waals surface area contributed by atoms with Crippen molar-refractivity contribution in [3.05, 3.63) is 83.3 Å². The molecule has 0 spiro atoms. The highest BCUT2D eigenvalue weighted by atomic mass is 79.9. The van der Waals surface area contributed by atoms with Crippen molar-refractivity contribution in [2.45, 2.75) is 22.0 Å². The fraction of sp³-hybridized carbons (Fsp3) is 0.0952. The summed E-state index contributed by atoms with van der Waals surface area (Å²) in [6.45, 7) is 1.83. The van der Waals surface area contributed by atoms with Crippen molar-refractivity contribution in [1.29, 1.82) is 0 Å². The molecule has 3 aromatic carbocycles. The van der Waals surface area contributed by atoms with Crippen LogP contribution in [0.2, 0.25) is 0 Å². The second-order valence-electron chi connectivity index (χ2n) is 6.20. The second kappa shape index (κ2) is 9.47. The summed E-state index contributed by atoms with van der Waals surface area (Å²) >= 11 is 4.77. The van der Waals surface area contributed by atoms with Gasteiger partial charge in [0, 0.05) is 20.7 Å². The average molecular weight is 491 g/mol. The van der Waals surface area contributed by atoms with Crippen LogP contribution in [0.3, 0.4) is 0 Å². The van der Waals surface area contributed by atoms with Gasteiger partial charge < -0.3 is 5.32 Å². The zero-order valence-electron chi connectivity index (χ0n) is 15.5. The molecule has 150 valence electrons. The van der Waals surface area contributed by atoms with Crippen LogP contribution in [0.4, 0.5) is 11.4 Å². The number of hydrogen-bond acceptors (Lipinski definition) is 4. The molecule has 0 aliphatic rings. The van der Waals surface area contributed by atoms with Crippen molar-refractivity contribution >= 4 is 55.0 Å². The van der Waals surface area contributed by atoms with Gasteiger partial charge in [0.05, 0.1) is 10.1 Å². The third kappa shape index (κ3) is 6.09. The topological polar surface area (TPSA) is 75.3 Å². The molecule has 3 rings (SSSR count). The number of carbonyl (C=O) groups excluding carboxylic acids is 1. The zero-order chi connectivity index (χ0) is 20.9. The second-order valence-corrected chi connectivity index (χ2v) is 10.2. The SMILES string of the molecule is C[C@@H](Sc1ccccc1)C(=O)Nc1ccc(S(=O)(=O)Nc2ccc(Br)cc2)cc1. The third-order valence-corrected chi connectivity index (χ3v) is 6.99. The summed E-state index contributed by atoms with van der Waals surface area (Å²) in [4.78, 5) is 13.5. The van der Waals surface area contributed by atoms with Crippen molar-refractivity contribution in [3.63, 3.8) is 0 Å². The molecule has 0 aliphatic heterocycles. The molecule has 0 aliphatic carbocycles. The summed E-state index contributed by atoms with van der Waals surface area (Å²) in [5.41, 5.74) is 1.01. The summed E-state index contributed by atoms with van der Waals surface area (Å²) < 4.78 is 28.4. The van der Waals surface area contributed by atoms with Crippen LogP contribution in [0.25, 0.3) is 0 Å². The smallest absolute Gasteiger partial charge is 0.261 e. The molecule has 5 nitrogen and oxygen atoms in total. The quantitative estimate of drug-likeness (QED) is 0.436. The Morgan fingerprint density at radius 1 is 0.897 bits per heavy atom. The summed E-state index contributed by atoms with van der Waals surface area (Å²) in [7, 11) is -3.71. The molecular formula is C21H19BrN2O3S2. The maximum atomic E-state index is 12.5. The molecule has 1 atom stereocenters. The van der Waals surface area contributed by atoms with Gasteiger partial charge in [-0.15, -0.1) is 11.8 Å². The van der Waals surface area contributed by atoms with Gasteiger partial charge in [-0.2, -0.15) is 0 Å². The van der Waals surface area contributed by atoms with Gasteiger partial charge in [0.1, 0.15) is 0 Å². The molecule has 0 saturated heterocycles. The average Bonchev–Trinajstić information content (AvgIpc) is 2.71. The minimum absolute atomic E-state index is 0.116. The Hall–Kier alpha value is -2.29. The predicted molar refractivity (Wildman–Crippen MR) is 122 cm³/mol. The largest absolute Gasteiger partial charge is 0.325 e. The van der Waals surface area contributed by atoms with Crippen molar-refractivity contribution in [2.75, 3.05) is 10.0 Å². The summed E-state index contributed by atoms with van der Waals surface area (Å²) in [5.74, 6) is -0.151. The van der Waals surface area contributed by atoms with Crippen LogP contribution in [-0.2, 0) is 14.8 Å². The van der Waals surface area contributed by atoms with Crippen LogP contribution in [0, 0.1) is 0 Å². The van der Waals surface area contributed by atoms with E-state index in [2.05, 4.69) is 26.0 Å². The number of amides is 1. The number of hydrogen-bond donors (Lipinski definition) is 2. The molecule has 0 aromatic heterocycles. The Balaban J connectivity index is 1.63. The van der Waals surface area contributed by atoms with E-state index < -0.39 is 10.0 Å². The number of rotatable bonds is 7. The van der Waals surface area contributed by atoms with Gasteiger partial charge in [-0.3, -0.25) is 9.52 Å². The van der Waals surface area contributed by atoms with Crippen molar-refractivity contribution < 1.29 is 13.2 Å². The summed E-state index contributed by atoms with van der Waals surface area (Å²) in [6.07, 6.45) is 0. The molecule has 0 radical (unpaired) electrons. The van der Waals surface area contributed by atoms with E-state index in [1.807, 2.05) is 37.3 Å². The maximum absolute atomic E-state index is 12.5. The Morgan fingerprint density at radius 2 is 1.48 bits per heavy atom. The Bertz CT molecular complexity index is 1070.